The van der Waals surface area contributed by atoms with Gasteiger partial charge in [-0.3, -0.25) is 4.79 Å². The molecule has 10 nitrogen and oxygen atoms in total. The lowest BCUT2D eigenvalue weighted by Crippen LogP contribution is -2.24. The number of amides is 1. The van der Waals surface area contributed by atoms with E-state index in [0.717, 1.165) is 26.5 Å². The molecule has 0 saturated heterocycles. The van der Waals surface area contributed by atoms with Crippen LogP contribution in [0.4, 0.5) is 5.69 Å². The summed E-state index contributed by atoms with van der Waals surface area (Å²) >= 11 is 0. The van der Waals surface area contributed by atoms with Gasteiger partial charge in [0.1, 0.15) is 22.1 Å². The molecule has 0 radical (unpaired) electrons. The number of hydrogen-bond donors (Lipinski definition) is 3. The minimum absolute atomic E-state index is 0.302. The molecule has 2 aromatic rings. The summed E-state index contributed by atoms with van der Waals surface area (Å²) in [6.07, 6.45) is 2.16. The highest BCUT2D eigenvalue weighted by atomic mass is 32.2. The monoisotopic (exact) mass is 416 g/mol. The van der Waals surface area contributed by atoms with E-state index >= 15 is 0 Å². The van der Waals surface area contributed by atoms with Gasteiger partial charge in [-0.1, -0.05) is 12.1 Å². The van der Waals surface area contributed by atoms with Crippen molar-refractivity contribution in [3.8, 4) is 5.75 Å². The number of benzene rings is 1. The first-order valence-corrected chi connectivity index (χ1v) is 10.6. The molecule has 1 aromatic heterocycles. The van der Waals surface area contributed by atoms with Crippen LogP contribution in [0.3, 0.4) is 0 Å². The van der Waals surface area contributed by atoms with Crippen molar-refractivity contribution in [2.75, 3.05) is 26.5 Å². The zero-order chi connectivity index (χ0) is 20.2. The molecule has 0 aliphatic heterocycles. The second kappa shape index (κ2) is 8.08. The molecular weight excluding hydrogens is 396 g/mol. The molecule has 3 N–H and O–H groups in total. The maximum atomic E-state index is 12.3. The fourth-order valence-electron chi connectivity index (χ4n) is 2.28. The lowest BCUT2D eigenvalue weighted by molar-refractivity contribution is -0.116. The van der Waals surface area contributed by atoms with Crippen LogP contribution in [0.15, 0.2) is 46.5 Å². The Morgan fingerprint density at radius 2 is 1.52 bits per heavy atom. The molecule has 1 amide bonds. The second-order valence-electron chi connectivity index (χ2n) is 5.32. The normalized spacial score (nSPS) is 12.0. The van der Waals surface area contributed by atoms with Gasteiger partial charge in [0, 0.05) is 12.4 Å². The topological polar surface area (TPSA) is 136 Å². The van der Waals surface area contributed by atoms with Gasteiger partial charge < -0.3 is 14.6 Å². The van der Waals surface area contributed by atoms with Gasteiger partial charge in [-0.25, -0.2) is 26.3 Å². The van der Waals surface area contributed by atoms with Crippen molar-refractivity contribution in [2.24, 2.45) is 0 Å². The van der Waals surface area contributed by atoms with Crippen LogP contribution in [0.5, 0.6) is 5.75 Å². The van der Waals surface area contributed by atoms with E-state index < -0.39 is 35.7 Å². The van der Waals surface area contributed by atoms with Crippen molar-refractivity contribution in [1.82, 2.24) is 14.0 Å². The highest BCUT2D eigenvalue weighted by Crippen LogP contribution is 2.24. The van der Waals surface area contributed by atoms with Crippen molar-refractivity contribution >= 4 is 31.6 Å². The fraction of sp³-hybridized carbons (Fsp3) is 0.267. The molecule has 0 saturated carbocycles. The molecule has 1 aromatic carbocycles. The van der Waals surface area contributed by atoms with Gasteiger partial charge in [-0.05, 0) is 26.2 Å². The van der Waals surface area contributed by atoms with E-state index in [0.29, 0.717) is 11.4 Å². The zero-order valence-corrected chi connectivity index (χ0v) is 16.5. The molecule has 0 aliphatic rings. The van der Waals surface area contributed by atoms with E-state index in [1.165, 1.54) is 11.7 Å². The van der Waals surface area contributed by atoms with Crippen LogP contribution in [-0.4, -0.2) is 48.5 Å². The van der Waals surface area contributed by atoms with Gasteiger partial charge in [0.05, 0.1) is 12.8 Å². The van der Waals surface area contributed by atoms with Crippen molar-refractivity contribution in [3.63, 3.8) is 0 Å². The first kappa shape index (κ1) is 20.9. The summed E-state index contributed by atoms with van der Waals surface area (Å²) in [5.41, 5.74) is 0.434. The third-order valence-electron chi connectivity index (χ3n) is 3.63. The molecule has 148 valence electrons. The lowest BCUT2D eigenvalue weighted by atomic mass is 10.3. The molecule has 0 unspecified atom stereocenters. The predicted octanol–water partition coefficient (Wildman–Crippen LogP) is -0.0484. The molecule has 0 bridgehead atoms. The Kier molecular flexibility index (Phi) is 6.26. The predicted molar refractivity (Wildman–Crippen MR) is 98.5 cm³/mol. The van der Waals surface area contributed by atoms with Gasteiger partial charge in [-0.15, -0.1) is 0 Å². The smallest absolute Gasteiger partial charge is 0.244 e. The van der Waals surface area contributed by atoms with Crippen molar-refractivity contribution in [1.29, 1.82) is 0 Å². The number of carbonyl (C=O) groups excluding carboxylic acids is 1. The van der Waals surface area contributed by atoms with E-state index in [4.69, 9.17) is 4.74 Å². The third kappa shape index (κ3) is 4.66. The summed E-state index contributed by atoms with van der Waals surface area (Å²) in [5, 5.41) is 2.63. The van der Waals surface area contributed by atoms with Crippen LogP contribution < -0.4 is 19.5 Å². The lowest BCUT2D eigenvalue weighted by Gasteiger charge is -2.10. The standard InChI is InChI=1S/C15H20N4O6S2/c1-16-26(21,22)13-8-19(9-14(13)27(23,24)17-2)10-15(20)18-11-6-4-5-7-12(11)25-3/h4-9,16-17H,10H2,1-3H3,(H,18,20). The Hall–Kier alpha value is -2.41. The number of aromatic nitrogens is 1. The fourth-order valence-corrected chi connectivity index (χ4v) is 4.57. The number of ether oxygens (including phenoxy) is 1. The van der Waals surface area contributed by atoms with Crippen LogP contribution >= 0.6 is 0 Å². The summed E-state index contributed by atoms with van der Waals surface area (Å²) in [4.78, 5) is 11.4. The van der Waals surface area contributed by atoms with E-state index in [9.17, 15) is 21.6 Å². The Bertz CT molecular complexity index is 993. The summed E-state index contributed by atoms with van der Waals surface area (Å²) in [6, 6.07) is 6.76. The Labute approximate surface area is 157 Å². The molecule has 1 heterocycles. The van der Waals surface area contributed by atoms with Crippen molar-refractivity contribution in [2.45, 2.75) is 16.3 Å². The van der Waals surface area contributed by atoms with E-state index in [-0.39, 0.29) is 6.54 Å². The molecule has 0 atom stereocenters. The molecule has 12 heteroatoms. The zero-order valence-electron chi connectivity index (χ0n) is 14.9. The summed E-state index contributed by atoms with van der Waals surface area (Å²) in [5.74, 6) is -0.0356. The van der Waals surface area contributed by atoms with Gasteiger partial charge in [0.25, 0.3) is 0 Å². The number of nitrogens with one attached hydrogen (secondary N) is 3. The Morgan fingerprint density at radius 1 is 1.00 bits per heavy atom. The number of hydrogen-bond acceptors (Lipinski definition) is 6. The molecule has 27 heavy (non-hydrogen) atoms. The summed E-state index contributed by atoms with van der Waals surface area (Å²) < 4.78 is 58.9. The molecule has 0 aliphatic carbocycles. The van der Waals surface area contributed by atoms with E-state index in [2.05, 4.69) is 14.8 Å². The number of methoxy groups -OCH3 is 1. The van der Waals surface area contributed by atoms with E-state index in [1.807, 2.05) is 0 Å². The number of rotatable bonds is 8. The second-order valence-corrected chi connectivity index (χ2v) is 9.03. The molecule has 0 spiro atoms. The van der Waals surface area contributed by atoms with Gasteiger partial charge >= 0.3 is 0 Å². The largest absolute Gasteiger partial charge is 0.495 e. The number of nitrogens with zero attached hydrogens (tertiary/aromatic N) is 1. The number of sulfonamides is 2. The van der Waals surface area contributed by atoms with E-state index in [1.54, 1.807) is 24.3 Å². The van der Waals surface area contributed by atoms with Gasteiger partial charge in [0.2, 0.25) is 26.0 Å². The molecular formula is C15H20N4O6S2. The Balaban J connectivity index is 2.34. The minimum atomic E-state index is -4.05. The maximum absolute atomic E-state index is 12.3. The molecule has 2 rings (SSSR count). The van der Waals surface area contributed by atoms with Crippen molar-refractivity contribution in [3.05, 3.63) is 36.7 Å². The minimum Gasteiger partial charge on any atom is -0.495 e. The highest BCUT2D eigenvalue weighted by Gasteiger charge is 2.27. The SMILES string of the molecule is CNS(=O)(=O)c1cn(CC(=O)Nc2ccccc2OC)cc1S(=O)(=O)NC. The van der Waals surface area contributed by atoms with Gasteiger partial charge in [-0.2, -0.15) is 0 Å². The first-order chi connectivity index (χ1) is 12.6. The number of carbonyl (C=O) groups is 1. The summed E-state index contributed by atoms with van der Waals surface area (Å²) in [6.45, 7) is -0.302. The summed E-state index contributed by atoms with van der Waals surface area (Å²) in [7, 11) is -4.31. The van der Waals surface area contributed by atoms with Crippen LogP contribution in [0, 0.1) is 0 Å². The average Bonchev–Trinajstić information content (AvgIpc) is 3.07. The van der Waals surface area contributed by atoms with Crippen LogP contribution in [0.2, 0.25) is 0 Å². The van der Waals surface area contributed by atoms with Crippen molar-refractivity contribution < 1.29 is 26.4 Å². The first-order valence-electron chi connectivity index (χ1n) is 7.64. The average molecular weight is 416 g/mol. The number of anilines is 1. The molecule has 0 fully saturated rings. The quantitative estimate of drug-likeness (QED) is 0.552. The van der Waals surface area contributed by atoms with Crippen LogP contribution in [0.25, 0.3) is 0 Å². The maximum Gasteiger partial charge on any atom is 0.244 e. The number of para-hydroxylation sites is 2. The van der Waals surface area contributed by atoms with Crippen LogP contribution in [-0.2, 0) is 31.4 Å². The third-order valence-corrected chi connectivity index (χ3v) is 6.65. The highest BCUT2D eigenvalue weighted by molar-refractivity contribution is 7.92. The van der Waals surface area contributed by atoms with Gasteiger partial charge in [0.15, 0.2) is 0 Å². The Morgan fingerprint density at radius 3 is 2.00 bits per heavy atom. The van der Waals surface area contributed by atoms with Crippen LogP contribution in [0.1, 0.15) is 0 Å².